The molecule has 0 bridgehead atoms. The van der Waals surface area contributed by atoms with Crippen LogP contribution in [0.1, 0.15) is 258 Å². The molecule has 6 N–H and O–H groups in total. The maximum atomic E-state index is 12.9. The Morgan fingerprint density at radius 1 is 0.446 bits per heavy atom. The van der Waals surface area contributed by atoms with Gasteiger partial charge in [0.15, 0.2) is 0 Å². The Morgan fingerprint density at radius 3 is 1.23 bits per heavy atom. The molecule has 13 heteroatoms. The SMILES string of the molecule is CC/C=C\C/C=C\C/C=C\C/C=C\CCCCCCCCCCCCCOCC(COP(=O)(O)OC1C(O)C(O)C(O)C(O)C1O)OC(=O)CCCCCCCCCCCCC/C=C\CCCCCCCCCC. The number of esters is 1. The van der Waals surface area contributed by atoms with E-state index < -0.39 is 63.1 Å². The summed E-state index contributed by atoms with van der Waals surface area (Å²) in [6.45, 7) is 4.18. The quantitative estimate of drug-likeness (QED) is 0.0146. The molecule has 0 aromatic carbocycles. The number of rotatable bonds is 52. The highest BCUT2D eigenvalue weighted by atomic mass is 31.2. The fourth-order valence-corrected chi connectivity index (χ4v) is 10.1. The van der Waals surface area contributed by atoms with Crippen molar-refractivity contribution < 1.29 is 58.3 Å². The van der Waals surface area contributed by atoms with E-state index in [4.69, 9.17) is 18.5 Å². The average Bonchev–Trinajstić information content (AvgIpc) is 3.39. The number of carbonyl (C=O) groups excluding carboxylic acids is 1. The zero-order valence-electron chi connectivity index (χ0n) is 46.9. The summed E-state index contributed by atoms with van der Waals surface area (Å²) >= 11 is 0. The van der Waals surface area contributed by atoms with E-state index in [1.54, 1.807) is 0 Å². The summed E-state index contributed by atoms with van der Waals surface area (Å²) in [5.41, 5.74) is 0. The van der Waals surface area contributed by atoms with E-state index in [-0.39, 0.29) is 13.0 Å². The lowest BCUT2D eigenvalue weighted by Crippen LogP contribution is -2.64. The molecule has 0 amide bonds. The summed E-state index contributed by atoms with van der Waals surface area (Å²) in [5.74, 6) is -0.477. The third kappa shape index (κ3) is 41.2. The van der Waals surface area contributed by atoms with Crippen molar-refractivity contribution in [1.82, 2.24) is 0 Å². The Balaban J connectivity index is 2.26. The van der Waals surface area contributed by atoms with Crippen LogP contribution in [0.25, 0.3) is 0 Å². The molecule has 0 radical (unpaired) electrons. The topological polar surface area (TPSA) is 192 Å². The van der Waals surface area contributed by atoms with Crippen LogP contribution in [0.15, 0.2) is 60.8 Å². The summed E-state index contributed by atoms with van der Waals surface area (Å²) in [5, 5.41) is 50.5. The van der Waals surface area contributed by atoms with Gasteiger partial charge in [-0.05, 0) is 77.0 Å². The third-order valence-corrected chi connectivity index (χ3v) is 14.9. The van der Waals surface area contributed by atoms with E-state index >= 15 is 0 Å². The second-order valence-electron chi connectivity index (χ2n) is 20.8. The molecule has 6 unspecified atom stereocenters. The summed E-state index contributed by atoms with van der Waals surface area (Å²) in [4.78, 5) is 23.4. The monoisotopic (exact) mass is 1070 g/mol. The smallest absolute Gasteiger partial charge is 0.457 e. The Bertz CT molecular complexity index is 1450. The molecule has 0 aliphatic heterocycles. The number of hydrogen-bond donors (Lipinski definition) is 6. The van der Waals surface area contributed by atoms with E-state index in [0.29, 0.717) is 13.0 Å². The Kier molecular flexibility index (Phi) is 47.8. The van der Waals surface area contributed by atoms with Gasteiger partial charge in [0.2, 0.25) is 0 Å². The third-order valence-electron chi connectivity index (χ3n) is 13.9. The van der Waals surface area contributed by atoms with Crippen LogP contribution in [0.3, 0.4) is 0 Å². The molecule has 1 aliphatic carbocycles. The molecule has 74 heavy (non-hydrogen) atoms. The zero-order valence-corrected chi connectivity index (χ0v) is 47.8. The Hall–Kier alpha value is -1.96. The van der Waals surface area contributed by atoms with Crippen LogP contribution in [0.5, 0.6) is 0 Å². The first-order valence-electron chi connectivity index (χ1n) is 30.1. The van der Waals surface area contributed by atoms with Crippen LogP contribution in [0.2, 0.25) is 0 Å². The van der Waals surface area contributed by atoms with Crippen molar-refractivity contribution in [3.05, 3.63) is 60.8 Å². The number of phosphoric ester groups is 1. The number of unbranched alkanes of at least 4 members (excludes halogenated alkanes) is 30. The number of aliphatic hydroxyl groups excluding tert-OH is 5. The number of allylic oxidation sites excluding steroid dienone is 10. The minimum Gasteiger partial charge on any atom is -0.457 e. The van der Waals surface area contributed by atoms with E-state index in [9.17, 15) is 39.8 Å². The molecule has 1 saturated carbocycles. The highest BCUT2D eigenvalue weighted by Gasteiger charge is 2.51. The number of ether oxygens (including phenoxy) is 2. The average molecular weight is 1070 g/mol. The molecular formula is C61H111O12P. The van der Waals surface area contributed by atoms with Gasteiger partial charge >= 0.3 is 13.8 Å². The number of carbonyl (C=O) groups is 1. The minimum absolute atomic E-state index is 0.0794. The van der Waals surface area contributed by atoms with Crippen molar-refractivity contribution in [3.8, 4) is 0 Å². The highest BCUT2D eigenvalue weighted by molar-refractivity contribution is 7.47. The lowest BCUT2D eigenvalue weighted by Gasteiger charge is -2.41. The summed E-state index contributed by atoms with van der Waals surface area (Å²) in [6, 6.07) is 0. The first-order valence-corrected chi connectivity index (χ1v) is 31.6. The van der Waals surface area contributed by atoms with E-state index in [0.717, 1.165) is 70.6 Å². The minimum atomic E-state index is -5.03. The molecule has 1 aliphatic rings. The predicted octanol–water partition coefficient (Wildman–Crippen LogP) is 14.9. The van der Waals surface area contributed by atoms with Crippen LogP contribution in [0, 0.1) is 0 Å². The lowest BCUT2D eigenvalue weighted by atomic mass is 9.85. The van der Waals surface area contributed by atoms with Gasteiger partial charge in [0.05, 0.1) is 13.2 Å². The van der Waals surface area contributed by atoms with Crippen molar-refractivity contribution in [2.24, 2.45) is 0 Å². The van der Waals surface area contributed by atoms with Crippen molar-refractivity contribution >= 4 is 13.8 Å². The van der Waals surface area contributed by atoms with Crippen molar-refractivity contribution in [2.45, 2.75) is 301 Å². The Labute approximate surface area is 451 Å². The first-order chi connectivity index (χ1) is 36.0. The lowest BCUT2D eigenvalue weighted by molar-refractivity contribution is -0.220. The standard InChI is InChI=1S/C61H111O12P/c1-3-5-7-9-11-13-15-17-19-21-23-25-27-29-31-33-35-37-39-41-43-45-47-49-51-70-52-54(53-71-74(68,69)73-61-59(66)57(64)56(63)58(65)60(61)67)72-55(62)50-48-46-44-42-40-38-36-34-32-30-28-26-24-22-20-18-16-14-12-10-8-6-4-2/h5,7,11,13,17,19,22-25,54,56-61,63-67H,3-4,6,8-10,12,14-16,18,20-21,26-53H2,1-2H3,(H,68,69)/b7-5-,13-11-,19-17-,24-22-,25-23-. The van der Waals surface area contributed by atoms with E-state index in [1.807, 2.05) is 0 Å². The first kappa shape index (κ1) is 70.1. The van der Waals surface area contributed by atoms with Crippen molar-refractivity contribution in [1.29, 1.82) is 0 Å². The molecule has 12 nitrogen and oxygen atoms in total. The van der Waals surface area contributed by atoms with Crippen LogP contribution in [-0.2, 0) is 27.9 Å². The van der Waals surface area contributed by atoms with Gasteiger partial charge in [-0.3, -0.25) is 13.8 Å². The molecule has 432 valence electrons. The van der Waals surface area contributed by atoms with Gasteiger partial charge in [-0.25, -0.2) is 4.57 Å². The van der Waals surface area contributed by atoms with Crippen LogP contribution < -0.4 is 0 Å². The highest BCUT2D eigenvalue weighted by Crippen LogP contribution is 2.47. The van der Waals surface area contributed by atoms with E-state index in [1.165, 1.54) is 161 Å². The fourth-order valence-electron chi connectivity index (χ4n) is 9.17. The fraction of sp³-hybridized carbons (Fsp3) is 0.820. The second kappa shape index (κ2) is 50.5. The number of hydrogen-bond acceptors (Lipinski definition) is 11. The molecule has 1 rings (SSSR count). The van der Waals surface area contributed by atoms with Gasteiger partial charge in [-0.15, -0.1) is 0 Å². The molecule has 1 fully saturated rings. The van der Waals surface area contributed by atoms with Crippen LogP contribution in [-0.4, -0.2) is 98.9 Å². The van der Waals surface area contributed by atoms with Gasteiger partial charge in [0, 0.05) is 13.0 Å². The van der Waals surface area contributed by atoms with Crippen molar-refractivity contribution in [2.75, 3.05) is 19.8 Å². The second-order valence-corrected chi connectivity index (χ2v) is 22.2. The largest absolute Gasteiger partial charge is 0.472 e. The normalized spacial score (nSPS) is 20.8. The molecule has 0 aromatic heterocycles. The van der Waals surface area contributed by atoms with Crippen LogP contribution in [0.4, 0.5) is 0 Å². The van der Waals surface area contributed by atoms with Gasteiger partial charge in [-0.1, -0.05) is 235 Å². The molecule has 0 spiro atoms. The molecule has 0 aromatic rings. The molecule has 0 saturated heterocycles. The number of phosphoric acid groups is 1. The molecule has 0 heterocycles. The number of aliphatic hydroxyl groups is 5. The summed E-state index contributed by atoms with van der Waals surface area (Å²) in [6.07, 6.45) is 54.3. The van der Waals surface area contributed by atoms with Gasteiger partial charge in [0.25, 0.3) is 0 Å². The maximum absolute atomic E-state index is 12.9. The van der Waals surface area contributed by atoms with Crippen LogP contribution >= 0.6 is 7.82 Å². The van der Waals surface area contributed by atoms with Crippen molar-refractivity contribution in [3.63, 3.8) is 0 Å². The summed E-state index contributed by atoms with van der Waals surface area (Å²) < 4.78 is 34.5. The maximum Gasteiger partial charge on any atom is 0.472 e. The zero-order chi connectivity index (χ0) is 54.0. The van der Waals surface area contributed by atoms with E-state index in [2.05, 4.69) is 74.6 Å². The molecule has 6 atom stereocenters. The molecular weight excluding hydrogens is 956 g/mol. The predicted molar refractivity (Wildman–Crippen MR) is 304 cm³/mol. The summed E-state index contributed by atoms with van der Waals surface area (Å²) in [7, 11) is -5.03. The van der Waals surface area contributed by atoms with Gasteiger partial charge in [0.1, 0.15) is 42.7 Å². The van der Waals surface area contributed by atoms with Gasteiger partial charge < -0.3 is 39.9 Å². The Morgan fingerprint density at radius 2 is 0.797 bits per heavy atom. The van der Waals surface area contributed by atoms with Gasteiger partial charge in [-0.2, -0.15) is 0 Å².